The predicted octanol–water partition coefficient (Wildman–Crippen LogP) is 0.751. The van der Waals surface area contributed by atoms with E-state index in [2.05, 4.69) is 9.97 Å². The first kappa shape index (κ1) is 9.90. The highest BCUT2D eigenvalue weighted by atomic mass is 16.6. The van der Waals surface area contributed by atoms with Crippen molar-refractivity contribution in [2.75, 3.05) is 5.73 Å². The first-order chi connectivity index (χ1) is 7.49. The van der Waals surface area contributed by atoms with E-state index in [1.54, 1.807) is 0 Å². The summed E-state index contributed by atoms with van der Waals surface area (Å²) in [4.78, 5) is 27.1. The summed E-state index contributed by atoms with van der Waals surface area (Å²) in [6, 6.07) is 2.21. The van der Waals surface area contributed by atoms with Gasteiger partial charge in [0.2, 0.25) is 0 Å². The fraction of sp³-hybridized carbons (Fsp3) is 0. The number of hydrogen-bond donors (Lipinski definition) is 3. The molecule has 0 saturated carbocycles. The maximum Gasteiger partial charge on any atom is 0.342 e. The number of nitro groups is 1. The number of fused-ring (bicyclic) bond motifs is 1. The molecule has 8 heteroatoms. The number of nitrogens with zero attached hydrogens (tertiary/aromatic N) is 2. The largest absolute Gasteiger partial charge is 0.477 e. The second-order valence-corrected chi connectivity index (χ2v) is 3.07. The number of carboxylic acid groups (broad SMARTS) is 1. The third kappa shape index (κ3) is 1.41. The maximum absolute atomic E-state index is 10.8. The lowest BCUT2D eigenvalue weighted by atomic mass is 10.1. The third-order valence-electron chi connectivity index (χ3n) is 2.04. The van der Waals surface area contributed by atoms with Gasteiger partial charge in [-0.15, -0.1) is 0 Å². The molecule has 16 heavy (non-hydrogen) atoms. The number of anilines is 1. The molecule has 0 aliphatic heterocycles. The van der Waals surface area contributed by atoms with Crippen molar-refractivity contribution >= 4 is 28.6 Å². The predicted molar refractivity (Wildman–Crippen MR) is 54.1 cm³/mol. The fourth-order valence-electron chi connectivity index (χ4n) is 1.39. The van der Waals surface area contributed by atoms with Crippen molar-refractivity contribution in [1.29, 1.82) is 0 Å². The number of nitro benzene ring substituents is 1. The fourth-order valence-corrected chi connectivity index (χ4v) is 1.39. The van der Waals surface area contributed by atoms with Crippen LogP contribution in [-0.2, 0) is 0 Å². The van der Waals surface area contributed by atoms with Crippen LogP contribution in [0.2, 0.25) is 0 Å². The van der Waals surface area contributed by atoms with Crippen molar-refractivity contribution in [3.63, 3.8) is 0 Å². The smallest absolute Gasteiger partial charge is 0.342 e. The number of hydrogen-bond acceptors (Lipinski definition) is 5. The molecule has 8 nitrogen and oxygen atoms in total. The van der Waals surface area contributed by atoms with Gasteiger partial charge in [0.25, 0.3) is 5.69 Å². The van der Waals surface area contributed by atoms with Crippen molar-refractivity contribution in [1.82, 2.24) is 9.97 Å². The first-order valence-electron chi connectivity index (χ1n) is 4.16. The van der Waals surface area contributed by atoms with Crippen LogP contribution in [0.15, 0.2) is 12.1 Å². The lowest BCUT2D eigenvalue weighted by Crippen LogP contribution is -2.02. The van der Waals surface area contributed by atoms with E-state index >= 15 is 0 Å². The van der Waals surface area contributed by atoms with E-state index in [4.69, 9.17) is 10.8 Å². The van der Waals surface area contributed by atoms with E-state index in [0.29, 0.717) is 5.52 Å². The zero-order chi connectivity index (χ0) is 11.9. The molecule has 0 fully saturated rings. The molecule has 0 amide bonds. The molecule has 4 N–H and O–H groups in total. The van der Waals surface area contributed by atoms with Gasteiger partial charge in [0, 0.05) is 6.07 Å². The summed E-state index contributed by atoms with van der Waals surface area (Å²) in [5.74, 6) is -1.30. The second kappa shape index (κ2) is 3.19. The van der Waals surface area contributed by atoms with Crippen LogP contribution in [0.25, 0.3) is 11.0 Å². The Labute approximate surface area is 87.9 Å². The number of carboxylic acids is 1. The van der Waals surface area contributed by atoms with Crippen LogP contribution in [0.1, 0.15) is 10.4 Å². The highest BCUT2D eigenvalue weighted by Gasteiger charge is 2.21. The molecule has 1 heterocycles. The number of aromatic amines is 1. The molecule has 0 radical (unpaired) electrons. The summed E-state index contributed by atoms with van der Waals surface area (Å²) in [7, 11) is 0. The Morgan fingerprint density at radius 3 is 2.81 bits per heavy atom. The van der Waals surface area contributed by atoms with E-state index in [1.807, 2.05) is 0 Å². The van der Waals surface area contributed by atoms with E-state index in [1.165, 1.54) is 0 Å². The molecule has 0 atom stereocenters. The molecule has 82 valence electrons. The van der Waals surface area contributed by atoms with Crippen LogP contribution in [-0.4, -0.2) is 26.0 Å². The highest BCUT2D eigenvalue weighted by molar-refractivity contribution is 5.97. The van der Waals surface area contributed by atoms with Crippen LogP contribution in [0.5, 0.6) is 0 Å². The van der Waals surface area contributed by atoms with Gasteiger partial charge in [-0.3, -0.25) is 10.1 Å². The molecule has 0 spiro atoms. The number of carbonyl (C=O) groups is 1. The number of aromatic carboxylic acids is 1. The lowest BCUT2D eigenvalue weighted by molar-refractivity contribution is -0.385. The Morgan fingerprint density at radius 2 is 2.25 bits per heavy atom. The number of benzene rings is 1. The standard InChI is InChI=1S/C8H6N4O4/c9-8-10-4-1-3(7(13)14)6(12(15)16)2-5(4)11-8/h1-2H,(H,13,14)(H3,9,10,11). The quantitative estimate of drug-likeness (QED) is 0.506. The summed E-state index contributed by atoms with van der Waals surface area (Å²) < 4.78 is 0. The van der Waals surface area contributed by atoms with Gasteiger partial charge < -0.3 is 15.8 Å². The van der Waals surface area contributed by atoms with Gasteiger partial charge in [0.05, 0.1) is 16.0 Å². The van der Waals surface area contributed by atoms with E-state index in [-0.39, 0.29) is 11.5 Å². The van der Waals surface area contributed by atoms with Gasteiger partial charge >= 0.3 is 5.97 Å². The van der Waals surface area contributed by atoms with Gasteiger partial charge in [-0.1, -0.05) is 0 Å². The Morgan fingerprint density at radius 1 is 1.56 bits per heavy atom. The van der Waals surface area contributed by atoms with Gasteiger partial charge in [0.1, 0.15) is 5.56 Å². The number of rotatable bonds is 2. The second-order valence-electron chi connectivity index (χ2n) is 3.07. The molecule has 2 rings (SSSR count). The maximum atomic E-state index is 10.8. The number of nitrogen functional groups attached to an aromatic ring is 1. The lowest BCUT2D eigenvalue weighted by Gasteiger charge is -1.97. The molecule has 2 aromatic rings. The highest BCUT2D eigenvalue weighted by Crippen LogP contribution is 2.25. The van der Waals surface area contributed by atoms with Crippen molar-refractivity contribution in [3.05, 3.63) is 27.8 Å². The Hall–Kier alpha value is -2.64. The average molecular weight is 222 g/mol. The van der Waals surface area contributed by atoms with Crippen molar-refractivity contribution in [2.45, 2.75) is 0 Å². The Balaban J connectivity index is 2.80. The van der Waals surface area contributed by atoms with Crippen LogP contribution in [0, 0.1) is 10.1 Å². The molecule has 0 unspecified atom stereocenters. The van der Waals surface area contributed by atoms with Gasteiger partial charge in [0.15, 0.2) is 5.95 Å². The molecule has 0 bridgehead atoms. The monoisotopic (exact) mass is 222 g/mol. The van der Waals surface area contributed by atoms with Crippen LogP contribution in [0.3, 0.4) is 0 Å². The number of nitrogens with one attached hydrogen (secondary N) is 1. The topological polar surface area (TPSA) is 135 Å². The van der Waals surface area contributed by atoms with E-state index < -0.39 is 22.1 Å². The van der Waals surface area contributed by atoms with Crippen molar-refractivity contribution < 1.29 is 14.8 Å². The van der Waals surface area contributed by atoms with Crippen molar-refractivity contribution in [3.8, 4) is 0 Å². The van der Waals surface area contributed by atoms with Crippen LogP contribution in [0.4, 0.5) is 11.6 Å². The summed E-state index contributed by atoms with van der Waals surface area (Å²) in [6.07, 6.45) is 0. The summed E-state index contributed by atoms with van der Waals surface area (Å²) in [5.41, 5.74) is 5.06. The SMILES string of the molecule is Nc1nc2cc(C(=O)O)c([N+](=O)[O-])cc2[nH]1. The molecule has 1 aromatic carbocycles. The number of imidazole rings is 1. The summed E-state index contributed by atoms with van der Waals surface area (Å²) >= 11 is 0. The molecular formula is C8H6N4O4. The van der Waals surface area contributed by atoms with Crippen molar-refractivity contribution in [2.24, 2.45) is 0 Å². The normalized spacial score (nSPS) is 10.5. The number of H-pyrrole nitrogens is 1. The minimum absolute atomic E-state index is 0.0758. The summed E-state index contributed by atoms with van der Waals surface area (Å²) in [5, 5.41) is 19.5. The molecule has 0 aliphatic rings. The zero-order valence-electron chi connectivity index (χ0n) is 7.80. The van der Waals surface area contributed by atoms with Gasteiger partial charge in [-0.05, 0) is 6.07 Å². The Bertz CT molecular complexity index is 552. The zero-order valence-corrected chi connectivity index (χ0v) is 7.80. The van der Waals surface area contributed by atoms with E-state index in [0.717, 1.165) is 12.1 Å². The van der Waals surface area contributed by atoms with Gasteiger partial charge in [-0.2, -0.15) is 0 Å². The van der Waals surface area contributed by atoms with E-state index in [9.17, 15) is 14.9 Å². The number of aromatic nitrogens is 2. The minimum Gasteiger partial charge on any atom is -0.477 e. The number of nitrogens with two attached hydrogens (primary N) is 1. The summed E-state index contributed by atoms with van der Waals surface area (Å²) in [6.45, 7) is 0. The van der Waals surface area contributed by atoms with Crippen LogP contribution >= 0.6 is 0 Å². The van der Waals surface area contributed by atoms with Crippen LogP contribution < -0.4 is 5.73 Å². The molecule has 1 aromatic heterocycles. The molecular weight excluding hydrogens is 216 g/mol. The minimum atomic E-state index is -1.38. The molecule has 0 saturated heterocycles. The third-order valence-corrected chi connectivity index (χ3v) is 2.04. The average Bonchev–Trinajstić information content (AvgIpc) is 2.54. The molecule has 0 aliphatic carbocycles. The first-order valence-corrected chi connectivity index (χ1v) is 4.16. The Kier molecular flexibility index (Phi) is 1.97. The van der Waals surface area contributed by atoms with Gasteiger partial charge in [-0.25, -0.2) is 9.78 Å².